The number of benzene rings is 1. The molecule has 1 aromatic rings. The fourth-order valence-electron chi connectivity index (χ4n) is 4.45. The van der Waals surface area contributed by atoms with Gasteiger partial charge in [-0.1, -0.05) is 72.8 Å². The summed E-state index contributed by atoms with van der Waals surface area (Å²) in [6.07, 6.45) is 4.80. The predicted molar refractivity (Wildman–Crippen MR) is 95.9 cm³/mol. The molecule has 3 rings (SSSR count). The van der Waals surface area contributed by atoms with Gasteiger partial charge in [-0.25, -0.2) is 0 Å². The Morgan fingerprint density at radius 1 is 0.952 bits per heavy atom. The monoisotopic (exact) mass is 294 g/mol. The topological polar surface area (TPSA) is 0 Å². The van der Waals surface area contributed by atoms with Gasteiger partial charge >= 0.3 is 0 Å². The highest BCUT2D eigenvalue weighted by Gasteiger charge is 2.42. The zero-order valence-corrected chi connectivity index (χ0v) is 15.1. The molecule has 21 heavy (non-hydrogen) atoms. The number of hydrogen-bond donors (Lipinski definition) is 0. The molecule has 2 aliphatic rings. The Morgan fingerprint density at radius 2 is 1.62 bits per heavy atom. The average Bonchev–Trinajstić information content (AvgIpc) is 2.96. The maximum atomic E-state index is 2.56. The summed E-state index contributed by atoms with van der Waals surface area (Å²) in [5.41, 5.74) is 8.29. The highest BCUT2D eigenvalue weighted by atomic mass is 28.3. The molecule has 0 aliphatic heterocycles. The molecule has 1 heteroatoms. The third kappa shape index (κ3) is 2.02. The zero-order chi connectivity index (χ0) is 15.4. The van der Waals surface area contributed by atoms with Crippen LogP contribution in [0.2, 0.25) is 13.1 Å². The number of hydrogen-bond acceptors (Lipinski definition) is 0. The van der Waals surface area contributed by atoms with E-state index in [1.165, 1.54) is 11.1 Å². The second kappa shape index (κ2) is 4.84. The molecule has 0 spiro atoms. The maximum absolute atomic E-state index is 2.56. The van der Waals surface area contributed by atoms with E-state index >= 15 is 0 Å². The molecule has 0 nitrogen and oxygen atoms in total. The van der Waals surface area contributed by atoms with Crippen LogP contribution in [0.25, 0.3) is 6.08 Å². The minimum Gasteiger partial charge on any atom is -0.0788 e. The van der Waals surface area contributed by atoms with Gasteiger partial charge in [0.05, 0.1) is 8.07 Å². The summed E-state index contributed by atoms with van der Waals surface area (Å²) >= 11 is 0. The van der Waals surface area contributed by atoms with Gasteiger partial charge < -0.3 is 0 Å². The Labute approximate surface area is 130 Å². The highest BCUT2D eigenvalue weighted by Crippen LogP contribution is 2.48. The first kappa shape index (κ1) is 14.6. The summed E-state index contributed by atoms with van der Waals surface area (Å²) in [5.74, 6) is 0.632. The Bertz CT molecular complexity index is 686. The second-order valence-electron chi connectivity index (χ2n) is 7.26. The van der Waals surface area contributed by atoms with Crippen molar-refractivity contribution in [2.75, 3.05) is 0 Å². The predicted octanol–water partition coefficient (Wildman–Crippen LogP) is 5.89. The van der Waals surface area contributed by atoms with Gasteiger partial charge in [0.25, 0.3) is 0 Å². The Kier molecular flexibility index (Phi) is 3.36. The fraction of sp³-hybridized carbons (Fsp3) is 0.400. The summed E-state index contributed by atoms with van der Waals surface area (Å²) in [6, 6.07) is 8.93. The fourth-order valence-corrected chi connectivity index (χ4v) is 8.89. The maximum Gasteiger partial charge on any atom is 0.0880 e. The number of rotatable bonds is 2. The number of fused-ring (bicyclic) bond motifs is 1. The lowest BCUT2D eigenvalue weighted by Crippen LogP contribution is -2.39. The van der Waals surface area contributed by atoms with Crippen molar-refractivity contribution in [3.05, 3.63) is 63.4 Å². The van der Waals surface area contributed by atoms with E-state index in [0.717, 1.165) is 0 Å². The second-order valence-corrected chi connectivity index (χ2v) is 11.9. The molecule has 0 heterocycles. The molecular weight excluding hydrogens is 268 g/mol. The van der Waals surface area contributed by atoms with Crippen LogP contribution >= 0.6 is 0 Å². The molecular formula is C20H26Si. The molecule has 0 radical (unpaired) electrons. The minimum absolute atomic E-state index is 0.625. The van der Waals surface area contributed by atoms with E-state index < -0.39 is 8.07 Å². The first-order valence-corrected chi connectivity index (χ1v) is 11.1. The molecule has 2 atom stereocenters. The van der Waals surface area contributed by atoms with Crippen molar-refractivity contribution >= 4 is 14.1 Å². The first-order chi connectivity index (χ1) is 9.85. The van der Waals surface area contributed by atoms with Crippen molar-refractivity contribution in [1.29, 1.82) is 0 Å². The van der Waals surface area contributed by atoms with Crippen molar-refractivity contribution in [1.82, 2.24) is 0 Å². The van der Waals surface area contributed by atoms with E-state index in [1.54, 1.807) is 21.9 Å². The summed E-state index contributed by atoms with van der Waals surface area (Å²) < 4.78 is 0. The van der Waals surface area contributed by atoms with Crippen LogP contribution in [-0.2, 0) is 0 Å². The van der Waals surface area contributed by atoms with Gasteiger partial charge in [-0.05, 0) is 43.4 Å². The van der Waals surface area contributed by atoms with Gasteiger partial charge in [-0.15, -0.1) is 0 Å². The van der Waals surface area contributed by atoms with E-state index in [1.807, 2.05) is 0 Å². The van der Waals surface area contributed by atoms with E-state index in [0.29, 0.717) is 11.5 Å². The van der Waals surface area contributed by atoms with E-state index in [9.17, 15) is 0 Å². The standard InChI is InChI=1S/C20H26Si/c1-13-14(2)16(4)20(15(13)3)21(5,6)19-12-11-17-9-7-8-10-18(17)19/h7-12,15,19H,1-6H3. The summed E-state index contributed by atoms with van der Waals surface area (Å²) in [7, 11) is -1.55. The van der Waals surface area contributed by atoms with E-state index in [2.05, 4.69) is 77.2 Å². The molecule has 0 aromatic heterocycles. The van der Waals surface area contributed by atoms with Crippen LogP contribution in [0.4, 0.5) is 0 Å². The molecule has 0 amide bonds. The Morgan fingerprint density at radius 3 is 2.24 bits per heavy atom. The van der Waals surface area contributed by atoms with Crippen molar-refractivity contribution < 1.29 is 0 Å². The van der Waals surface area contributed by atoms with Crippen LogP contribution in [-0.4, -0.2) is 8.07 Å². The molecule has 110 valence electrons. The highest BCUT2D eigenvalue weighted by molar-refractivity contribution is 6.86. The summed E-state index contributed by atoms with van der Waals surface area (Å²) in [4.78, 5) is 0. The van der Waals surface area contributed by atoms with Crippen molar-refractivity contribution in [2.45, 2.75) is 46.3 Å². The van der Waals surface area contributed by atoms with E-state index in [-0.39, 0.29) is 0 Å². The molecule has 0 saturated heterocycles. The van der Waals surface area contributed by atoms with Crippen molar-refractivity contribution in [2.24, 2.45) is 5.92 Å². The van der Waals surface area contributed by atoms with Crippen molar-refractivity contribution in [3.8, 4) is 0 Å². The SMILES string of the molecule is CC1=C(C)C(C)C([Si](C)(C)C2C=Cc3ccccc32)=C1C. The van der Waals surface area contributed by atoms with Crippen LogP contribution in [0.1, 0.15) is 44.4 Å². The zero-order valence-electron chi connectivity index (χ0n) is 14.1. The number of allylic oxidation sites excluding steroid dienone is 5. The van der Waals surface area contributed by atoms with E-state index in [4.69, 9.17) is 0 Å². The lowest BCUT2D eigenvalue weighted by molar-refractivity contribution is 0.841. The molecule has 0 saturated carbocycles. The molecule has 1 aromatic carbocycles. The largest absolute Gasteiger partial charge is 0.0880 e. The summed E-state index contributed by atoms with van der Waals surface area (Å²) in [5, 5.41) is 1.77. The molecule has 0 fully saturated rings. The smallest absolute Gasteiger partial charge is 0.0788 e. The average molecular weight is 295 g/mol. The molecule has 0 N–H and O–H groups in total. The summed E-state index contributed by atoms with van der Waals surface area (Å²) in [6.45, 7) is 14.5. The van der Waals surface area contributed by atoms with Gasteiger partial charge in [-0.2, -0.15) is 0 Å². The van der Waals surface area contributed by atoms with Gasteiger partial charge in [0.2, 0.25) is 0 Å². The lowest BCUT2D eigenvalue weighted by atomic mass is 10.1. The van der Waals surface area contributed by atoms with Gasteiger partial charge in [0.15, 0.2) is 0 Å². The van der Waals surface area contributed by atoms with Crippen LogP contribution < -0.4 is 0 Å². The Hall–Kier alpha value is -1.34. The van der Waals surface area contributed by atoms with Crippen LogP contribution in [0.15, 0.2) is 52.3 Å². The molecule has 2 unspecified atom stereocenters. The van der Waals surface area contributed by atoms with Gasteiger partial charge in [0.1, 0.15) is 0 Å². The van der Waals surface area contributed by atoms with Gasteiger partial charge in [-0.3, -0.25) is 0 Å². The third-order valence-corrected chi connectivity index (χ3v) is 10.2. The van der Waals surface area contributed by atoms with Crippen LogP contribution in [0, 0.1) is 5.92 Å². The van der Waals surface area contributed by atoms with Crippen molar-refractivity contribution in [3.63, 3.8) is 0 Å². The lowest BCUT2D eigenvalue weighted by Gasteiger charge is -2.35. The first-order valence-electron chi connectivity index (χ1n) is 8.01. The quantitative estimate of drug-likeness (QED) is 0.597. The van der Waals surface area contributed by atoms with Crippen LogP contribution in [0.5, 0.6) is 0 Å². The van der Waals surface area contributed by atoms with Crippen LogP contribution in [0.3, 0.4) is 0 Å². The normalized spacial score (nSPS) is 25.0. The third-order valence-electron chi connectivity index (χ3n) is 5.91. The molecule has 0 bridgehead atoms. The molecule has 2 aliphatic carbocycles. The Balaban J connectivity index is 2.06. The van der Waals surface area contributed by atoms with Gasteiger partial charge in [0, 0.05) is 5.54 Å². The minimum atomic E-state index is -1.55.